The zero-order chi connectivity index (χ0) is 12.8. The molecule has 1 aliphatic heterocycles. The normalized spacial score (nSPS) is 21.8. The Morgan fingerprint density at radius 1 is 1.50 bits per heavy atom. The van der Waals surface area contributed by atoms with Crippen molar-refractivity contribution in [3.8, 4) is 0 Å². The molecule has 2 heterocycles. The van der Waals surface area contributed by atoms with Gasteiger partial charge in [0.1, 0.15) is 0 Å². The van der Waals surface area contributed by atoms with Crippen LogP contribution in [0.15, 0.2) is 22.8 Å². The summed E-state index contributed by atoms with van der Waals surface area (Å²) in [7, 11) is 0. The average Bonchev–Trinajstić information content (AvgIpc) is 2.42. The van der Waals surface area contributed by atoms with Gasteiger partial charge < -0.3 is 5.32 Å². The van der Waals surface area contributed by atoms with Gasteiger partial charge in [0, 0.05) is 34.1 Å². The highest BCUT2D eigenvalue weighted by Crippen LogP contribution is 2.28. The first-order chi connectivity index (χ1) is 8.79. The Labute approximate surface area is 122 Å². The van der Waals surface area contributed by atoms with Crippen LogP contribution in [0.5, 0.6) is 0 Å². The van der Waals surface area contributed by atoms with Crippen LogP contribution in [0.2, 0.25) is 0 Å². The Balaban J connectivity index is 1.98. The van der Waals surface area contributed by atoms with Crippen molar-refractivity contribution in [3.05, 3.63) is 28.5 Å². The first kappa shape index (κ1) is 14.4. The Kier molecular flexibility index (Phi) is 5.99. The van der Waals surface area contributed by atoms with Crippen LogP contribution < -0.4 is 5.32 Å². The minimum Gasteiger partial charge on any atom is -0.313 e. The van der Waals surface area contributed by atoms with Crippen molar-refractivity contribution in [2.75, 3.05) is 12.3 Å². The van der Waals surface area contributed by atoms with E-state index in [0.717, 1.165) is 22.7 Å². The van der Waals surface area contributed by atoms with Crippen LogP contribution in [0.4, 0.5) is 0 Å². The van der Waals surface area contributed by atoms with Gasteiger partial charge in [0.25, 0.3) is 0 Å². The molecule has 2 atom stereocenters. The van der Waals surface area contributed by atoms with Gasteiger partial charge in [-0.3, -0.25) is 4.98 Å². The molecule has 1 saturated heterocycles. The maximum Gasteiger partial charge on any atom is 0.0420 e. The van der Waals surface area contributed by atoms with Crippen LogP contribution >= 0.6 is 27.7 Å². The van der Waals surface area contributed by atoms with E-state index in [4.69, 9.17) is 0 Å². The van der Waals surface area contributed by atoms with Crippen molar-refractivity contribution in [1.82, 2.24) is 10.3 Å². The average molecular weight is 329 g/mol. The lowest BCUT2D eigenvalue weighted by molar-refractivity contribution is 0.468. The van der Waals surface area contributed by atoms with Crippen molar-refractivity contribution >= 4 is 27.7 Å². The highest BCUT2D eigenvalue weighted by atomic mass is 79.9. The minimum atomic E-state index is 0.564. The molecular weight excluding hydrogens is 308 g/mol. The van der Waals surface area contributed by atoms with Crippen molar-refractivity contribution < 1.29 is 0 Å². The molecule has 1 aromatic rings. The summed E-state index contributed by atoms with van der Waals surface area (Å²) >= 11 is 5.57. The van der Waals surface area contributed by atoms with E-state index in [1.165, 1.54) is 30.7 Å². The second kappa shape index (κ2) is 7.51. The fourth-order valence-electron chi connectivity index (χ4n) is 2.43. The van der Waals surface area contributed by atoms with Crippen molar-refractivity contribution in [3.63, 3.8) is 0 Å². The second-order valence-electron chi connectivity index (χ2n) is 4.74. The van der Waals surface area contributed by atoms with Crippen LogP contribution in [0.25, 0.3) is 0 Å². The lowest BCUT2D eigenvalue weighted by atomic mass is 10.0. The molecule has 2 unspecified atom stereocenters. The topological polar surface area (TPSA) is 24.9 Å². The smallest absolute Gasteiger partial charge is 0.0420 e. The van der Waals surface area contributed by atoms with Crippen molar-refractivity contribution in [2.45, 2.75) is 43.9 Å². The number of hydrogen-bond acceptors (Lipinski definition) is 3. The predicted octanol–water partition coefficient (Wildman–Crippen LogP) is 3.65. The lowest BCUT2D eigenvalue weighted by Crippen LogP contribution is -2.41. The van der Waals surface area contributed by atoms with Gasteiger partial charge in [-0.05, 0) is 53.2 Å². The molecule has 4 heteroatoms. The van der Waals surface area contributed by atoms with E-state index in [9.17, 15) is 0 Å². The van der Waals surface area contributed by atoms with Gasteiger partial charge in [-0.1, -0.05) is 13.3 Å². The molecule has 2 nitrogen and oxygen atoms in total. The fourth-order valence-corrected chi connectivity index (χ4v) is 4.10. The summed E-state index contributed by atoms with van der Waals surface area (Å²) < 4.78 is 1.05. The number of rotatable bonds is 5. The van der Waals surface area contributed by atoms with Crippen LogP contribution in [0, 0.1) is 0 Å². The largest absolute Gasteiger partial charge is 0.313 e. The number of pyridine rings is 1. The van der Waals surface area contributed by atoms with E-state index in [0.29, 0.717) is 6.04 Å². The zero-order valence-electron chi connectivity index (χ0n) is 10.9. The molecule has 0 radical (unpaired) electrons. The van der Waals surface area contributed by atoms with Gasteiger partial charge >= 0.3 is 0 Å². The monoisotopic (exact) mass is 328 g/mol. The first-order valence-electron chi connectivity index (χ1n) is 6.75. The second-order valence-corrected chi connectivity index (χ2v) is 7.00. The number of hydrogen-bond donors (Lipinski definition) is 1. The number of likely N-dealkylation sites (N-methyl/N-ethyl adjacent to an activating group) is 1. The summed E-state index contributed by atoms with van der Waals surface area (Å²) in [5.41, 5.74) is 1.19. The first-order valence-corrected chi connectivity index (χ1v) is 8.59. The lowest BCUT2D eigenvalue weighted by Gasteiger charge is -2.30. The molecule has 1 aromatic heterocycles. The highest BCUT2D eigenvalue weighted by Gasteiger charge is 2.23. The maximum absolute atomic E-state index is 4.50. The number of nitrogens with zero attached hydrogens (tertiary/aromatic N) is 1. The van der Waals surface area contributed by atoms with Crippen LogP contribution in [0.3, 0.4) is 0 Å². The Hall–Kier alpha value is -0.0600. The molecule has 0 aromatic carbocycles. The molecule has 1 fully saturated rings. The SMILES string of the molecule is CCNC(Cc1ccc(Br)cn1)C1CCCCS1. The summed E-state index contributed by atoms with van der Waals surface area (Å²) in [5, 5.41) is 4.40. The Morgan fingerprint density at radius 2 is 2.39 bits per heavy atom. The van der Waals surface area contributed by atoms with Gasteiger partial charge in [0.15, 0.2) is 0 Å². The van der Waals surface area contributed by atoms with Crippen LogP contribution in [-0.4, -0.2) is 28.6 Å². The van der Waals surface area contributed by atoms with Gasteiger partial charge in [-0.25, -0.2) is 0 Å². The summed E-state index contributed by atoms with van der Waals surface area (Å²) in [5.74, 6) is 1.32. The molecule has 0 saturated carbocycles. The fraction of sp³-hybridized carbons (Fsp3) is 0.643. The van der Waals surface area contributed by atoms with Gasteiger partial charge in [-0.2, -0.15) is 11.8 Å². The standard InChI is InChI=1S/C14H21BrN2S/c1-2-16-13(14-5-3-4-8-18-14)9-12-7-6-11(15)10-17-12/h6-7,10,13-14,16H,2-5,8-9H2,1H3. The van der Waals surface area contributed by atoms with E-state index in [-0.39, 0.29) is 0 Å². The third-order valence-corrected chi connectivity index (χ3v) is 5.33. The van der Waals surface area contributed by atoms with E-state index >= 15 is 0 Å². The Morgan fingerprint density at radius 3 is 3.00 bits per heavy atom. The summed E-state index contributed by atoms with van der Waals surface area (Å²) in [6, 6.07) is 4.77. The number of aromatic nitrogens is 1. The molecule has 0 bridgehead atoms. The van der Waals surface area contributed by atoms with Gasteiger partial charge in [0.2, 0.25) is 0 Å². The molecule has 0 spiro atoms. The third-order valence-electron chi connectivity index (χ3n) is 3.35. The number of thioether (sulfide) groups is 1. The molecule has 1 aliphatic rings. The van der Waals surface area contributed by atoms with Crippen LogP contribution in [-0.2, 0) is 6.42 Å². The molecule has 1 N–H and O–H groups in total. The molecule has 100 valence electrons. The molecule has 0 aliphatic carbocycles. The third kappa shape index (κ3) is 4.25. The molecule has 2 rings (SSSR count). The highest BCUT2D eigenvalue weighted by molar-refractivity contribution is 9.10. The zero-order valence-corrected chi connectivity index (χ0v) is 13.3. The van der Waals surface area contributed by atoms with E-state index < -0.39 is 0 Å². The Bertz CT molecular complexity index is 349. The summed E-state index contributed by atoms with van der Waals surface area (Å²) in [6.45, 7) is 3.23. The van der Waals surface area contributed by atoms with Gasteiger partial charge in [0.05, 0.1) is 0 Å². The quantitative estimate of drug-likeness (QED) is 0.893. The number of halogens is 1. The maximum atomic E-state index is 4.50. The van der Waals surface area contributed by atoms with Crippen molar-refractivity contribution in [2.24, 2.45) is 0 Å². The van der Waals surface area contributed by atoms with E-state index in [2.05, 4.69) is 57.0 Å². The van der Waals surface area contributed by atoms with Crippen molar-refractivity contribution in [1.29, 1.82) is 0 Å². The van der Waals surface area contributed by atoms with Crippen LogP contribution in [0.1, 0.15) is 31.9 Å². The van der Waals surface area contributed by atoms with E-state index in [1.807, 2.05) is 6.20 Å². The predicted molar refractivity (Wildman–Crippen MR) is 83.2 cm³/mol. The molecule has 0 amide bonds. The number of nitrogens with one attached hydrogen (secondary N) is 1. The molecule has 18 heavy (non-hydrogen) atoms. The summed E-state index contributed by atoms with van der Waals surface area (Å²) in [6.07, 6.45) is 7.05. The summed E-state index contributed by atoms with van der Waals surface area (Å²) in [4.78, 5) is 4.50. The van der Waals surface area contributed by atoms with E-state index in [1.54, 1.807) is 0 Å². The minimum absolute atomic E-state index is 0.564. The van der Waals surface area contributed by atoms with Gasteiger partial charge in [-0.15, -0.1) is 0 Å². The molecular formula is C14H21BrN2S.